The molecule has 1 aromatic carbocycles. The summed E-state index contributed by atoms with van der Waals surface area (Å²) in [5.41, 5.74) is 8.84. The van der Waals surface area contributed by atoms with Gasteiger partial charge >= 0.3 is 5.97 Å². The molecule has 31 heavy (non-hydrogen) atoms. The molecule has 7 heteroatoms. The minimum absolute atomic E-state index is 0.0543. The zero-order valence-corrected chi connectivity index (χ0v) is 18.1. The third-order valence-corrected chi connectivity index (χ3v) is 6.03. The van der Waals surface area contributed by atoms with Crippen LogP contribution < -0.4 is 11.3 Å². The number of ether oxygens (including phenoxy) is 2. The molecule has 0 fully saturated rings. The number of anilines is 1. The van der Waals surface area contributed by atoms with Gasteiger partial charge in [0, 0.05) is 22.2 Å². The zero-order valence-electron chi connectivity index (χ0n) is 18.1. The molecule has 0 bridgehead atoms. The van der Waals surface area contributed by atoms with Crippen molar-refractivity contribution in [3.8, 4) is 11.4 Å². The van der Waals surface area contributed by atoms with Crippen LogP contribution in [-0.2, 0) is 33.0 Å². The Hall–Kier alpha value is -3.19. The third-order valence-electron chi connectivity index (χ3n) is 6.03. The molecule has 0 unspecified atom stereocenters. The fourth-order valence-electron chi connectivity index (χ4n) is 4.71. The maximum absolute atomic E-state index is 13.5. The maximum atomic E-state index is 13.5. The van der Waals surface area contributed by atoms with E-state index in [0.717, 1.165) is 22.2 Å². The lowest BCUT2D eigenvalue weighted by Crippen LogP contribution is -2.49. The van der Waals surface area contributed by atoms with Gasteiger partial charge < -0.3 is 19.8 Å². The van der Waals surface area contributed by atoms with Crippen LogP contribution in [0, 0.1) is 0 Å². The molecule has 2 aliphatic rings. The highest BCUT2D eigenvalue weighted by Crippen LogP contribution is 2.42. The molecule has 0 spiro atoms. The maximum Gasteiger partial charge on any atom is 0.343 e. The van der Waals surface area contributed by atoms with Crippen molar-refractivity contribution in [2.24, 2.45) is 0 Å². The summed E-state index contributed by atoms with van der Waals surface area (Å²) in [4.78, 5) is 31.3. The molecule has 0 amide bonds. The zero-order chi connectivity index (χ0) is 22.1. The Morgan fingerprint density at radius 1 is 1.26 bits per heavy atom. The molecule has 0 saturated heterocycles. The summed E-state index contributed by atoms with van der Waals surface area (Å²) in [7, 11) is 0. The highest BCUT2D eigenvalue weighted by molar-refractivity contribution is 5.93. The third kappa shape index (κ3) is 2.80. The molecular weight excluding hydrogens is 394 g/mol. The lowest BCUT2D eigenvalue weighted by atomic mass is 9.84. The predicted octanol–water partition coefficient (Wildman–Crippen LogP) is 3.48. The number of esters is 1. The van der Waals surface area contributed by atoms with Crippen LogP contribution in [-0.4, -0.2) is 21.1 Å². The summed E-state index contributed by atoms with van der Waals surface area (Å²) in [6, 6.07) is 9.50. The molecule has 2 aromatic heterocycles. The molecule has 2 N–H and O–H groups in total. The highest BCUT2D eigenvalue weighted by atomic mass is 16.6. The van der Waals surface area contributed by atoms with Crippen molar-refractivity contribution in [1.82, 2.24) is 9.55 Å². The van der Waals surface area contributed by atoms with Crippen molar-refractivity contribution in [1.29, 1.82) is 0 Å². The summed E-state index contributed by atoms with van der Waals surface area (Å²) in [6.45, 7) is 7.89. The largest absolute Gasteiger partial charge is 0.458 e. The Morgan fingerprint density at radius 2 is 2.03 bits per heavy atom. The van der Waals surface area contributed by atoms with Gasteiger partial charge in [-0.1, -0.05) is 13.0 Å². The van der Waals surface area contributed by atoms with Crippen molar-refractivity contribution in [2.45, 2.75) is 58.5 Å². The number of carbonyl (C=O) groups excluding carboxylic acids is 1. The Kier molecular flexibility index (Phi) is 4.08. The number of nitrogens with zero attached hydrogens (tertiary/aromatic N) is 2. The number of cyclic esters (lactones) is 1. The van der Waals surface area contributed by atoms with E-state index >= 15 is 0 Å². The SMILES string of the molecule is CC[C@@]1(OC(C)(C)C)C(=O)OCc2c1cc1n(c2=O)Cc2cc3c(N)cccc3nc2-1. The van der Waals surface area contributed by atoms with Crippen molar-refractivity contribution < 1.29 is 14.3 Å². The van der Waals surface area contributed by atoms with Crippen molar-refractivity contribution in [3.63, 3.8) is 0 Å². The molecule has 5 rings (SSSR count). The molecular formula is C24H25N3O4. The second-order valence-corrected chi connectivity index (χ2v) is 9.19. The number of rotatable bonds is 2. The smallest absolute Gasteiger partial charge is 0.343 e. The number of carbonyl (C=O) groups is 1. The van der Waals surface area contributed by atoms with Crippen LogP contribution in [0.5, 0.6) is 0 Å². The number of aromatic nitrogens is 2. The van der Waals surface area contributed by atoms with Crippen LogP contribution in [0.4, 0.5) is 5.69 Å². The van der Waals surface area contributed by atoms with Gasteiger partial charge in [-0.05, 0) is 51.5 Å². The first-order valence-electron chi connectivity index (χ1n) is 10.5. The van der Waals surface area contributed by atoms with Crippen LogP contribution in [0.2, 0.25) is 0 Å². The number of nitrogens with two attached hydrogens (primary N) is 1. The van der Waals surface area contributed by atoms with Gasteiger partial charge in [0.15, 0.2) is 5.60 Å². The fraction of sp³-hybridized carbons (Fsp3) is 0.375. The average Bonchev–Trinajstić information content (AvgIpc) is 3.07. The van der Waals surface area contributed by atoms with Crippen LogP contribution in [0.3, 0.4) is 0 Å². The first-order chi connectivity index (χ1) is 14.6. The summed E-state index contributed by atoms with van der Waals surface area (Å²) < 4.78 is 13.4. The van der Waals surface area contributed by atoms with Gasteiger partial charge in [-0.15, -0.1) is 0 Å². The van der Waals surface area contributed by atoms with E-state index in [2.05, 4.69) is 0 Å². The minimum Gasteiger partial charge on any atom is -0.458 e. The van der Waals surface area contributed by atoms with Crippen LogP contribution in [0.25, 0.3) is 22.3 Å². The molecule has 3 aromatic rings. The van der Waals surface area contributed by atoms with E-state index in [0.29, 0.717) is 35.5 Å². The summed E-state index contributed by atoms with van der Waals surface area (Å²) in [5, 5.41) is 0.865. The summed E-state index contributed by atoms with van der Waals surface area (Å²) in [5.74, 6) is -0.459. The highest BCUT2D eigenvalue weighted by Gasteiger charge is 2.50. The van der Waals surface area contributed by atoms with Crippen LogP contribution in [0.1, 0.15) is 50.8 Å². The first-order valence-corrected chi connectivity index (χ1v) is 10.5. The normalized spacial score (nSPS) is 19.7. The molecule has 160 valence electrons. The van der Waals surface area contributed by atoms with Gasteiger partial charge in [-0.2, -0.15) is 0 Å². The summed E-state index contributed by atoms with van der Waals surface area (Å²) >= 11 is 0. The van der Waals surface area contributed by atoms with Gasteiger partial charge in [0.2, 0.25) is 0 Å². The molecule has 0 radical (unpaired) electrons. The number of benzene rings is 1. The van der Waals surface area contributed by atoms with E-state index in [1.54, 1.807) is 4.57 Å². The van der Waals surface area contributed by atoms with Crippen molar-refractivity contribution in [3.05, 3.63) is 57.4 Å². The lowest BCUT2D eigenvalue weighted by molar-refractivity contribution is -0.200. The van der Waals surface area contributed by atoms with Crippen molar-refractivity contribution in [2.75, 3.05) is 5.73 Å². The quantitative estimate of drug-likeness (QED) is 0.395. The number of pyridine rings is 2. The van der Waals surface area contributed by atoms with Gasteiger partial charge in [0.25, 0.3) is 5.56 Å². The number of nitrogen functional groups attached to an aromatic ring is 1. The molecule has 0 aliphatic carbocycles. The molecule has 4 heterocycles. The van der Waals surface area contributed by atoms with E-state index in [1.807, 2.05) is 58.0 Å². The van der Waals surface area contributed by atoms with E-state index in [1.165, 1.54) is 0 Å². The van der Waals surface area contributed by atoms with Gasteiger partial charge in [-0.25, -0.2) is 9.78 Å². The Morgan fingerprint density at radius 3 is 2.74 bits per heavy atom. The van der Waals surface area contributed by atoms with E-state index in [4.69, 9.17) is 20.2 Å². The van der Waals surface area contributed by atoms with E-state index in [9.17, 15) is 9.59 Å². The predicted molar refractivity (Wildman–Crippen MR) is 118 cm³/mol. The van der Waals surface area contributed by atoms with Gasteiger partial charge in [0.05, 0.1) is 34.6 Å². The van der Waals surface area contributed by atoms with Gasteiger partial charge in [0.1, 0.15) is 6.61 Å². The monoisotopic (exact) mass is 419 g/mol. The standard InChI is InChI=1S/C24H25N3O4/c1-5-24(31-23(2,3)4)16-10-19-20-13(9-14-17(25)7-6-8-18(14)26-20)11-27(19)21(28)15(16)12-30-22(24)29/h6-10H,5,11-12,25H2,1-4H3/t24-/m0/s1. The second-order valence-electron chi connectivity index (χ2n) is 9.19. The number of fused-ring (bicyclic) bond motifs is 5. The van der Waals surface area contributed by atoms with Crippen molar-refractivity contribution >= 4 is 22.6 Å². The number of hydrogen-bond acceptors (Lipinski definition) is 6. The molecule has 1 atom stereocenters. The minimum atomic E-state index is -1.33. The van der Waals surface area contributed by atoms with E-state index < -0.39 is 17.2 Å². The van der Waals surface area contributed by atoms with E-state index in [-0.39, 0.29) is 12.2 Å². The fourth-order valence-corrected chi connectivity index (χ4v) is 4.71. The lowest BCUT2D eigenvalue weighted by Gasteiger charge is -2.40. The second kappa shape index (κ2) is 6.40. The average molecular weight is 419 g/mol. The molecule has 2 aliphatic heterocycles. The van der Waals surface area contributed by atoms with Gasteiger partial charge in [-0.3, -0.25) is 4.79 Å². The Balaban J connectivity index is 1.78. The molecule has 0 saturated carbocycles. The first kappa shape index (κ1) is 19.8. The van der Waals surface area contributed by atoms with Crippen LogP contribution in [0.15, 0.2) is 35.1 Å². The molecule has 7 nitrogen and oxygen atoms in total. The number of hydrogen-bond donors (Lipinski definition) is 1. The van der Waals surface area contributed by atoms with Crippen LogP contribution >= 0.6 is 0 Å². The summed E-state index contributed by atoms with van der Waals surface area (Å²) in [6.07, 6.45) is 0.355. The Bertz CT molecular complexity index is 1320. The Labute approximate surface area is 179 Å². The topological polar surface area (TPSA) is 96.4 Å².